The molecule has 0 bridgehead atoms. The number of carbonyl (C=O) groups is 1. The number of amides is 1. The number of carbonyl (C=O) groups excluding carboxylic acids is 1. The molecule has 0 aromatic heterocycles. The molecule has 0 heterocycles. The predicted octanol–water partition coefficient (Wildman–Crippen LogP) is 4.33. The molecule has 5 heteroatoms. The zero-order valence-corrected chi connectivity index (χ0v) is 16.4. The van der Waals surface area contributed by atoms with Crippen molar-refractivity contribution in [2.75, 3.05) is 14.2 Å². The average Bonchev–Trinajstić information content (AvgIpc) is 2.75. The van der Waals surface area contributed by atoms with Crippen molar-refractivity contribution < 1.29 is 19.0 Å². The largest absolute Gasteiger partial charge is 0.493 e. The van der Waals surface area contributed by atoms with Crippen LogP contribution in [0.2, 0.25) is 0 Å². The Morgan fingerprint density at radius 2 is 1.68 bits per heavy atom. The number of fused-ring (bicyclic) bond motifs is 1. The summed E-state index contributed by atoms with van der Waals surface area (Å²) in [4.78, 5) is 12.7. The third-order valence-corrected chi connectivity index (χ3v) is 4.60. The molecule has 0 saturated heterocycles. The Hall–Kier alpha value is -3.21. The summed E-state index contributed by atoms with van der Waals surface area (Å²) in [6.07, 6.45) is 0.00649. The third-order valence-electron chi connectivity index (χ3n) is 4.60. The van der Waals surface area contributed by atoms with E-state index in [1.807, 2.05) is 67.6 Å². The van der Waals surface area contributed by atoms with Crippen LogP contribution in [0.15, 0.2) is 60.7 Å². The van der Waals surface area contributed by atoms with E-state index in [9.17, 15) is 4.79 Å². The Labute approximate surface area is 165 Å². The van der Waals surface area contributed by atoms with E-state index in [4.69, 9.17) is 14.2 Å². The second-order valence-electron chi connectivity index (χ2n) is 6.40. The SMILES string of the molecule is CC[C@@H](Oc1cccc2ccccc12)C(=O)NCc1ccc(OC)c(OC)c1. The molecule has 1 N–H and O–H groups in total. The lowest BCUT2D eigenvalue weighted by Crippen LogP contribution is -2.37. The fourth-order valence-corrected chi connectivity index (χ4v) is 3.07. The van der Waals surface area contributed by atoms with Gasteiger partial charge in [0.25, 0.3) is 5.91 Å². The first-order valence-corrected chi connectivity index (χ1v) is 9.29. The highest BCUT2D eigenvalue weighted by Gasteiger charge is 2.19. The van der Waals surface area contributed by atoms with Crippen LogP contribution in [0.3, 0.4) is 0 Å². The summed E-state index contributed by atoms with van der Waals surface area (Å²) in [5.41, 5.74) is 0.922. The van der Waals surface area contributed by atoms with Gasteiger partial charge in [-0.05, 0) is 35.6 Å². The maximum atomic E-state index is 12.7. The fourth-order valence-electron chi connectivity index (χ4n) is 3.07. The number of benzene rings is 3. The summed E-state index contributed by atoms with van der Waals surface area (Å²) in [5.74, 6) is 1.85. The van der Waals surface area contributed by atoms with Crippen LogP contribution >= 0.6 is 0 Å². The molecule has 0 fully saturated rings. The van der Waals surface area contributed by atoms with Gasteiger partial charge in [-0.3, -0.25) is 4.79 Å². The zero-order chi connectivity index (χ0) is 19.9. The van der Waals surface area contributed by atoms with Crippen LogP contribution in [-0.2, 0) is 11.3 Å². The van der Waals surface area contributed by atoms with Gasteiger partial charge >= 0.3 is 0 Å². The van der Waals surface area contributed by atoms with Crippen molar-refractivity contribution in [3.8, 4) is 17.2 Å². The van der Waals surface area contributed by atoms with Crippen molar-refractivity contribution in [1.82, 2.24) is 5.32 Å². The number of ether oxygens (including phenoxy) is 3. The standard InChI is InChI=1S/C23H25NO4/c1-4-19(28-20-11-7-9-17-8-5-6-10-18(17)20)23(25)24-15-16-12-13-21(26-2)22(14-16)27-3/h5-14,19H,4,15H2,1-3H3,(H,24,25)/t19-/m1/s1. The van der Waals surface area contributed by atoms with E-state index < -0.39 is 6.10 Å². The first-order valence-electron chi connectivity index (χ1n) is 9.29. The van der Waals surface area contributed by atoms with Gasteiger partial charge in [-0.25, -0.2) is 0 Å². The Morgan fingerprint density at radius 1 is 0.929 bits per heavy atom. The van der Waals surface area contributed by atoms with E-state index in [2.05, 4.69) is 5.32 Å². The van der Waals surface area contributed by atoms with E-state index in [-0.39, 0.29) is 5.91 Å². The van der Waals surface area contributed by atoms with Gasteiger partial charge in [0.15, 0.2) is 17.6 Å². The molecule has 5 nitrogen and oxygen atoms in total. The number of hydrogen-bond acceptors (Lipinski definition) is 4. The summed E-state index contributed by atoms with van der Waals surface area (Å²) < 4.78 is 16.6. The highest BCUT2D eigenvalue weighted by atomic mass is 16.5. The summed E-state index contributed by atoms with van der Waals surface area (Å²) in [5, 5.41) is 5.03. The molecule has 0 saturated carbocycles. The molecular formula is C23H25NO4. The van der Waals surface area contributed by atoms with Gasteiger partial charge in [-0.1, -0.05) is 49.4 Å². The Morgan fingerprint density at radius 3 is 2.43 bits per heavy atom. The molecule has 0 unspecified atom stereocenters. The first kappa shape index (κ1) is 19.5. The van der Waals surface area contributed by atoms with Crippen LogP contribution in [0, 0.1) is 0 Å². The van der Waals surface area contributed by atoms with Gasteiger partial charge in [0.05, 0.1) is 14.2 Å². The quantitative estimate of drug-likeness (QED) is 0.633. The minimum Gasteiger partial charge on any atom is -0.493 e. The number of hydrogen-bond donors (Lipinski definition) is 1. The summed E-state index contributed by atoms with van der Waals surface area (Å²) in [6, 6.07) is 19.4. The predicted molar refractivity (Wildman–Crippen MR) is 110 cm³/mol. The second-order valence-corrected chi connectivity index (χ2v) is 6.40. The van der Waals surface area contributed by atoms with Crippen molar-refractivity contribution in [3.63, 3.8) is 0 Å². The highest BCUT2D eigenvalue weighted by Crippen LogP contribution is 2.28. The Kier molecular flexibility index (Phi) is 6.37. The van der Waals surface area contributed by atoms with Crippen molar-refractivity contribution >= 4 is 16.7 Å². The molecule has 0 aliphatic carbocycles. The van der Waals surface area contributed by atoms with Crippen LogP contribution in [0.1, 0.15) is 18.9 Å². The van der Waals surface area contributed by atoms with Gasteiger partial charge in [0.1, 0.15) is 5.75 Å². The first-order chi connectivity index (χ1) is 13.7. The Balaban J connectivity index is 1.68. The average molecular weight is 379 g/mol. The van der Waals surface area contributed by atoms with E-state index in [1.165, 1.54) is 0 Å². The topological polar surface area (TPSA) is 56.8 Å². The number of rotatable bonds is 8. The third kappa shape index (κ3) is 4.36. The van der Waals surface area contributed by atoms with Crippen molar-refractivity contribution in [2.45, 2.75) is 26.0 Å². The molecule has 0 aliphatic rings. The molecule has 0 spiro atoms. The van der Waals surface area contributed by atoms with Gasteiger partial charge in [-0.2, -0.15) is 0 Å². The molecule has 1 atom stereocenters. The maximum Gasteiger partial charge on any atom is 0.261 e. The number of nitrogens with one attached hydrogen (secondary N) is 1. The van der Waals surface area contributed by atoms with Crippen molar-refractivity contribution in [1.29, 1.82) is 0 Å². The normalized spacial score (nSPS) is 11.7. The molecule has 3 rings (SSSR count). The van der Waals surface area contributed by atoms with Gasteiger partial charge in [-0.15, -0.1) is 0 Å². The zero-order valence-electron chi connectivity index (χ0n) is 16.4. The molecule has 3 aromatic rings. The lowest BCUT2D eigenvalue weighted by Gasteiger charge is -2.19. The smallest absolute Gasteiger partial charge is 0.261 e. The van der Waals surface area contributed by atoms with Crippen LogP contribution in [-0.4, -0.2) is 26.2 Å². The molecular weight excluding hydrogens is 354 g/mol. The van der Waals surface area contributed by atoms with Crippen LogP contribution in [0.25, 0.3) is 10.8 Å². The summed E-state index contributed by atoms with van der Waals surface area (Å²) >= 11 is 0. The lowest BCUT2D eigenvalue weighted by molar-refractivity contribution is -0.128. The van der Waals surface area contributed by atoms with Crippen LogP contribution in [0.4, 0.5) is 0 Å². The van der Waals surface area contributed by atoms with E-state index in [1.54, 1.807) is 14.2 Å². The Bertz CT molecular complexity index is 949. The second kappa shape index (κ2) is 9.13. The van der Waals surface area contributed by atoms with Crippen molar-refractivity contribution in [2.24, 2.45) is 0 Å². The van der Waals surface area contributed by atoms with E-state index >= 15 is 0 Å². The molecule has 0 radical (unpaired) electrons. The molecule has 28 heavy (non-hydrogen) atoms. The van der Waals surface area contributed by atoms with Gasteiger partial charge in [0, 0.05) is 11.9 Å². The summed E-state index contributed by atoms with van der Waals surface area (Å²) in [7, 11) is 3.18. The minimum atomic E-state index is -0.564. The lowest BCUT2D eigenvalue weighted by atomic mass is 10.1. The minimum absolute atomic E-state index is 0.148. The summed E-state index contributed by atoms with van der Waals surface area (Å²) in [6.45, 7) is 2.32. The van der Waals surface area contributed by atoms with Gasteiger partial charge in [0.2, 0.25) is 0 Å². The number of methoxy groups -OCH3 is 2. The maximum absolute atomic E-state index is 12.7. The molecule has 1 amide bonds. The highest BCUT2D eigenvalue weighted by molar-refractivity contribution is 5.89. The van der Waals surface area contributed by atoms with Crippen molar-refractivity contribution in [3.05, 3.63) is 66.2 Å². The molecule has 146 valence electrons. The van der Waals surface area contributed by atoms with Crippen LogP contribution < -0.4 is 19.5 Å². The van der Waals surface area contributed by atoms with E-state index in [0.29, 0.717) is 30.2 Å². The molecule has 3 aromatic carbocycles. The molecule has 0 aliphatic heterocycles. The van der Waals surface area contributed by atoms with Gasteiger partial charge < -0.3 is 19.5 Å². The van der Waals surface area contributed by atoms with E-state index in [0.717, 1.165) is 16.3 Å². The van der Waals surface area contributed by atoms with Crippen LogP contribution in [0.5, 0.6) is 17.2 Å². The fraction of sp³-hybridized carbons (Fsp3) is 0.261. The monoisotopic (exact) mass is 379 g/mol.